The minimum absolute atomic E-state index is 0.0513. The van der Waals surface area contributed by atoms with Crippen LogP contribution in [-0.2, 0) is 0 Å². The van der Waals surface area contributed by atoms with Crippen molar-refractivity contribution in [3.05, 3.63) is 57.7 Å². The number of nitrogens with one attached hydrogen (secondary N) is 3. The van der Waals surface area contributed by atoms with E-state index in [1.54, 1.807) is 24.3 Å². The van der Waals surface area contributed by atoms with E-state index in [0.717, 1.165) is 0 Å². The Labute approximate surface area is 201 Å². The van der Waals surface area contributed by atoms with E-state index in [2.05, 4.69) is 31.9 Å². The first-order chi connectivity index (χ1) is 14.0. The van der Waals surface area contributed by atoms with Gasteiger partial charge in [-0.05, 0) is 58.5 Å². The lowest BCUT2D eigenvalue weighted by Crippen LogP contribution is -2.56. The zero-order chi connectivity index (χ0) is 22.5. The van der Waals surface area contributed by atoms with Gasteiger partial charge in [0.25, 0.3) is 5.91 Å². The van der Waals surface area contributed by atoms with Crippen LogP contribution in [0.1, 0.15) is 10.4 Å². The first-order valence-corrected chi connectivity index (χ1v) is 10.4. The van der Waals surface area contributed by atoms with Gasteiger partial charge in [-0.15, -0.1) is 0 Å². The smallest absolute Gasteiger partial charge is 0.254 e. The molecule has 1 atom stereocenters. The predicted octanol–water partition coefficient (Wildman–Crippen LogP) is 4.56. The van der Waals surface area contributed by atoms with Gasteiger partial charge in [0, 0.05) is 4.47 Å². The first kappa shape index (κ1) is 24.7. The minimum Gasteiger partial charge on any atom is -0.733 e. The van der Waals surface area contributed by atoms with Gasteiger partial charge in [-0.1, -0.05) is 46.9 Å². The van der Waals surface area contributed by atoms with Gasteiger partial charge in [-0.3, -0.25) is 10.0 Å². The molecule has 0 radical (unpaired) electrons. The van der Waals surface area contributed by atoms with Crippen molar-refractivity contribution in [2.24, 2.45) is 0 Å². The molecule has 4 N–H and O–H groups in total. The molecule has 0 aliphatic carbocycles. The molecule has 0 heterocycles. The Bertz CT molecular complexity index is 930. The van der Waals surface area contributed by atoms with Crippen LogP contribution < -0.4 is 25.9 Å². The molecule has 162 valence electrons. The number of rotatable bonds is 6. The molecule has 0 fully saturated rings. The molecule has 2 aromatic carbocycles. The fourth-order valence-electron chi connectivity index (χ4n) is 2.26. The van der Waals surface area contributed by atoms with E-state index in [9.17, 15) is 10.0 Å². The summed E-state index contributed by atoms with van der Waals surface area (Å²) in [6.07, 6.45) is -1.22. The van der Waals surface area contributed by atoms with Gasteiger partial charge in [0.2, 0.25) is 3.79 Å². The van der Waals surface area contributed by atoms with E-state index in [4.69, 9.17) is 57.0 Å². The maximum Gasteiger partial charge on any atom is 0.254 e. The predicted molar refractivity (Wildman–Crippen MR) is 126 cm³/mol. The van der Waals surface area contributed by atoms with Crippen LogP contribution in [0.25, 0.3) is 0 Å². The van der Waals surface area contributed by atoms with Gasteiger partial charge in [-0.2, -0.15) is 0 Å². The van der Waals surface area contributed by atoms with Gasteiger partial charge in [0.15, 0.2) is 5.11 Å². The van der Waals surface area contributed by atoms with Crippen LogP contribution in [-0.4, -0.2) is 33.3 Å². The molecule has 0 spiro atoms. The van der Waals surface area contributed by atoms with E-state index < -0.39 is 15.9 Å². The monoisotopic (exact) mass is 555 g/mol. The maximum atomic E-state index is 12.6. The zero-order valence-corrected chi connectivity index (χ0v) is 19.8. The van der Waals surface area contributed by atoms with Crippen molar-refractivity contribution in [2.45, 2.75) is 9.96 Å². The van der Waals surface area contributed by atoms with Crippen molar-refractivity contribution in [2.75, 3.05) is 17.7 Å². The molecule has 1 amide bonds. The molecule has 0 aromatic heterocycles. The summed E-state index contributed by atoms with van der Waals surface area (Å²) in [5, 5.41) is 27.9. The molecule has 30 heavy (non-hydrogen) atoms. The van der Waals surface area contributed by atoms with Crippen molar-refractivity contribution in [1.29, 1.82) is 0 Å². The number of methoxy groups -OCH3 is 1. The molecule has 2 aromatic rings. The average Bonchev–Trinajstić information content (AvgIpc) is 2.66. The zero-order valence-electron chi connectivity index (χ0n) is 15.2. The summed E-state index contributed by atoms with van der Waals surface area (Å²) in [5.74, 6) is -0.191. The third-order valence-corrected chi connectivity index (χ3v) is 5.21. The second kappa shape index (κ2) is 10.7. The number of thiocarbonyl (C=S) groups is 1. The van der Waals surface area contributed by atoms with E-state index in [0.29, 0.717) is 15.8 Å². The number of hydrogen-bond acceptors (Lipinski definition) is 6. The van der Waals surface area contributed by atoms with E-state index in [1.807, 2.05) is 0 Å². The number of carbonyl (C=O) groups is 1. The maximum absolute atomic E-state index is 12.6. The van der Waals surface area contributed by atoms with Crippen LogP contribution in [0.5, 0.6) is 5.75 Å². The van der Waals surface area contributed by atoms with Crippen molar-refractivity contribution >= 4 is 85.3 Å². The molecule has 8 nitrogen and oxygen atoms in total. The van der Waals surface area contributed by atoms with Gasteiger partial charge < -0.3 is 31.1 Å². The number of anilines is 2. The molecular weight excluding hydrogens is 543 g/mol. The highest BCUT2D eigenvalue weighted by Gasteiger charge is 2.35. The van der Waals surface area contributed by atoms with Crippen molar-refractivity contribution < 1.29 is 14.7 Å². The topological polar surface area (TPSA) is 109 Å². The number of amides is 1. The number of nitrogens with zero attached hydrogens (tertiary/aromatic N) is 1. The number of hydrogen-bond donors (Lipinski definition) is 4. The van der Waals surface area contributed by atoms with Crippen LogP contribution in [0.15, 0.2) is 46.9 Å². The summed E-state index contributed by atoms with van der Waals surface area (Å²) in [7, 11) is 1.41. The Morgan fingerprint density at radius 1 is 1.27 bits per heavy atom. The lowest BCUT2D eigenvalue weighted by Gasteiger charge is -2.28. The fraction of sp³-hybridized carbons (Fsp3) is 0.176. The molecule has 2 rings (SSSR count). The van der Waals surface area contributed by atoms with Crippen LogP contribution in [0.4, 0.5) is 11.4 Å². The third kappa shape index (κ3) is 6.74. The molecule has 0 aliphatic heterocycles. The average molecular weight is 558 g/mol. The highest BCUT2D eigenvalue weighted by atomic mass is 79.9. The summed E-state index contributed by atoms with van der Waals surface area (Å²) < 4.78 is 3.77. The van der Waals surface area contributed by atoms with Gasteiger partial charge >= 0.3 is 0 Å². The second-order valence-electron chi connectivity index (χ2n) is 5.68. The Kier molecular flexibility index (Phi) is 8.80. The lowest BCUT2D eigenvalue weighted by molar-refractivity contribution is 0.0933. The minimum atomic E-state index is -1.97. The van der Waals surface area contributed by atoms with Crippen LogP contribution in [0, 0.1) is 5.21 Å². The molecule has 0 saturated heterocycles. The fourth-order valence-corrected chi connectivity index (χ4v) is 3.28. The van der Waals surface area contributed by atoms with E-state index in [-0.39, 0.29) is 21.7 Å². The second-order valence-corrected chi connectivity index (χ2v) is 9.32. The number of alkyl halides is 3. The quantitative estimate of drug-likeness (QED) is 0.177. The Balaban J connectivity index is 2.18. The molecular formula is C17H15BrCl3N4O4S-. The standard InChI is InChI=1S/C17H15BrCl3N4O4S/c1-29-13-7-6-9(25(27)28)8-12(13)22-16(30)24-15(17(19,20)21)23-14(26)10-4-2-3-5-11(10)18/h2-8,15,27H,1H3,(H,23,26)(H2,22,24,30)/q-1. The Morgan fingerprint density at radius 2 is 1.93 bits per heavy atom. The normalized spacial score (nSPS) is 12.0. The summed E-state index contributed by atoms with van der Waals surface area (Å²) in [5.41, 5.74) is 0.508. The largest absolute Gasteiger partial charge is 0.733 e. The van der Waals surface area contributed by atoms with Gasteiger partial charge in [-0.25, -0.2) is 0 Å². The Hall–Kier alpha value is -1.53. The van der Waals surface area contributed by atoms with E-state index in [1.165, 1.54) is 25.3 Å². The number of benzene rings is 2. The Morgan fingerprint density at radius 3 is 2.50 bits per heavy atom. The first-order valence-electron chi connectivity index (χ1n) is 8.06. The summed E-state index contributed by atoms with van der Waals surface area (Å²) in [6, 6.07) is 10.8. The summed E-state index contributed by atoms with van der Waals surface area (Å²) in [6.45, 7) is 0. The van der Waals surface area contributed by atoms with Gasteiger partial charge in [0.05, 0.1) is 24.0 Å². The summed E-state index contributed by atoms with van der Waals surface area (Å²) >= 11 is 26.5. The van der Waals surface area contributed by atoms with Crippen molar-refractivity contribution in [1.82, 2.24) is 10.6 Å². The van der Waals surface area contributed by atoms with Crippen molar-refractivity contribution in [3.63, 3.8) is 0 Å². The molecule has 0 aliphatic rings. The van der Waals surface area contributed by atoms with Gasteiger partial charge in [0.1, 0.15) is 11.9 Å². The highest BCUT2D eigenvalue weighted by molar-refractivity contribution is 9.10. The lowest BCUT2D eigenvalue weighted by atomic mass is 10.2. The molecule has 13 heteroatoms. The number of halogens is 4. The van der Waals surface area contributed by atoms with E-state index >= 15 is 0 Å². The molecule has 1 unspecified atom stereocenters. The number of ether oxygens (including phenoxy) is 1. The van der Waals surface area contributed by atoms with Crippen LogP contribution in [0.3, 0.4) is 0 Å². The molecule has 0 saturated carbocycles. The van der Waals surface area contributed by atoms with Crippen LogP contribution in [0.2, 0.25) is 0 Å². The SMILES string of the molecule is COc1ccc(N([O-])O)cc1NC(=S)NC(NC(=O)c1ccccc1Br)C(Cl)(Cl)Cl. The highest BCUT2D eigenvalue weighted by Crippen LogP contribution is 2.31. The molecule has 0 bridgehead atoms. The third-order valence-electron chi connectivity index (χ3n) is 3.65. The number of carbonyl (C=O) groups excluding carboxylic acids is 1. The van der Waals surface area contributed by atoms with Crippen molar-refractivity contribution in [3.8, 4) is 5.75 Å². The summed E-state index contributed by atoms with van der Waals surface area (Å²) in [4.78, 5) is 12.6. The van der Waals surface area contributed by atoms with Crippen LogP contribution >= 0.6 is 63.0 Å².